The third kappa shape index (κ3) is 1.99. The average Bonchev–Trinajstić information content (AvgIpc) is 2.87. The molecule has 17 heavy (non-hydrogen) atoms. The molecule has 0 unspecified atom stereocenters. The fourth-order valence-electron chi connectivity index (χ4n) is 2.25. The number of aryl methyl sites for hydroxylation is 1. The van der Waals surface area contributed by atoms with E-state index in [1.807, 2.05) is 17.5 Å². The van der Waals surface area contributed by atoms with Gasteiger partial charge in [0, 0.05) is 10.6 Å². The highest BCUT2D eigenvalue weighted by atomic mass is 35.5. The van der Waals surface area contributed by atoms with Crippen molar-refractivity contribution in [3.8, 4) is 0 Å². The van der Waals surface area contributed by atoms with Crippen molar-refractivity contribution in [2.24, 2.45) is 0 Å². The second-order valence-corrected chi connectivity index (χ2v) is 5.57. The van der Waals surface area contributed by atoms with Crippen LogP contribution in [0.1, 0.15) is 22.4 Å². The van der Waals surface area contributed by atoms with Crippen molar-refractivity contribution in [3.63, 3.8) is 0 Å². The fraction of sp³-hybridized carbons (Fsp3) is 0.143. The topological polar surface area (TPSA) is 26.0 Å². The Bertz CT molecular complexity index is 598. The molecule has 0 fully saturated rings. The molecule has 0 spiro atoms. The van der Waals surface area contributed by atoms with E-state index in [2.05, 4.69) is 18.2 Å². The number of nitrogens with two attached hydrogens (primary N) is 1. The van der Waals surface area contributed by atoms with Crippen molar-refractivity contribution in [2.75, 3.05) is 5.73 Å². The lowest BCUT2D eigenvalue weighted by atomic mass is 10.1. The highest BCUT2D eigenvalue weighted by Crippen LogP contribution is 2.36. The van der Waals surface area contributed by atoms with Crippen LogP contribution < -0.4 is 5.73 Å². The third-order valence-corrected chi connectivity index (χ3v) is 4.39. The Labute approximate surface area is 110 Å². The number of anilines is 1. The average molecular weight is 262 g/mol. The molecule has 2 aromatic rings. The zero-order chi connectivity index (χ0) is 11.8. The van der Waals surface area contributed by atoms with E-state index in [4.69, 9.17) is 17.3 Å². The maximum atomic E-state index is 6.12. The van der Waals surface area contributed by atoms with Crippen LogP contribution in [-0.4, -0.2) is 0 Å². The molecule has 1 aliphatic rings. The van der Waals surface area contributed by atoms with Crippen molar-refractivity contribution in [2.45, 2.75) is 12.8 Å². The molecular formula is C14H12ClNS. The summed E-state index contributed by atoms with van der Waals surface area (Å²) < 4.78 is 0. The minimum atomic E-state index is 0.839. The first kappa shape index (κ1) is 10.9. The van der Waals surface area contributed by atoms with Gasteiger partial charge in [-0.2, -0.15) is 0 Å². The summed E-state index contributed by atoms with van der Waals surface area (Å²) in [6.07, 6.45) is 4.36. The molecule has 3 rings (SSSR count). The molecule has 1 aromatic carbocycles. The summed E-state index contributed by atoms with van der Waals surface area (Å²) in [5.74, 6) is 0. The van der Waals surface area contributed by atoms with Gasteiger partial charge in [0.2, 0.25) is 0 Å². The number of fused-ring (bicyclic) bond motifs is 1. The van der Waals surface area contributed by atoms with E-state index in [0.717, 1.165) is 28.4 Å². The molecule has 1 nitrogen and oxygen atoms in total. The molecule has 0 saturated heterocycles. The minimum Gasteiger partial charge on any atom is -0.399 e. The van der Waals surface area contributed by atoms with E-state index in [9.17, 15) is 0 Å². The number of hydrogen-bond acceptors (Lipinski definition) is 2. The van der Waals surface area contributed by atoms with Gasteiger partial charge >= 0.3 is 0 Å². The SMILES string of the molecule is Nc1ccc2c(c1)CC/C2=C\c1sccc1Cl. The Morgan fingerprint density at radius 1 is 1.24 bits per heavy atom. The van der Waals surface area contributed by atoms with Gasteiger partial charge in [-0.3, -0.25) is 0 Å². The molecule has 0 atom stereocenters. The molecule has 0 saturated carbocycles. The second kappa shape index (κ2) is 4.21. The van der Waals surface area contributed by atoms with E-state index in [1.54, 1.807) is 11.3 Å². The number of allylic oxidation sites excluding steroid dienone is 1. The van der Waals surface area contributed by atoms with Gasteiger partial charge < -0.3 is 5.73 Å². The molecule has 3 heteroatoms. The predicted octanol–water partition coefficient (Wildman–Crippen LogP) is 4.47. The molecule has 86 valence electrons. The number of benzene rings is 1. The van der Waals surface area contributed by atoms with Crippen molar-refractivity contribution >= 4 is 40.3 Å². The Morgan fingerprint density at radius 3 is 2.88 bits per heavy atom. The Kier molecular flexibility index (Phi) is 2.69. The van der Waals surface area contributed by atoms with Crippen LogP contribution in [0.4, 0.5) is 5.69 Å². The summed E-state index contributed by atoms with van der Waals surface area (Å²) in [5, 5.41) is 2.86. The molecule has 0 amide bonds. The highest BCUT2D eigenvalue weighted by Gasteiger charge is 2.16. The Balaban J connectivity index is 2.04. The van der Waals surface area contributed by atoms with E-state index < -0.39 is 0 Å². The maximum Gasteiger partial charge on any atom is 0.0586 e. The number of nitrogen functional groups attached to an aromatic ring is 1. The van der Waals surface area contributed by atoms with Crippen LogP contribution >= 0.6 is 22.9 Å². The van der Waals surface area contributed by atoms with Crippen LogP contribution in [0.25, 0.3) is 11.6 Å². The van der Waals surface area contributed by atoms with Crippen molar-refractivity contribution in [3.05, 3.63) is 50.7 Å². The molecule has 0 bridgehead atoms. The molecule has 1 aromatic heterocycles. The number of thiophene rings is 1. The van der Waals surface area contributed by atoms with Gasteiger partial charge in [0.05, 0.1) is 5.02 Å². The number of halogens is 1. The van der Waals surface area contributed by atoms with Crippen LogP contribution in [0.3, 0.4) is 0 Å². The van der Waals surface area contributed by atoms with E-state index in [0.29, 0.717) is 0 Å². The molecule has 0 aliphatic heterocycles. The Hall–Kier alpha value is -1.25. The summed E-state index contributed by atoms with van der Waals surface area (Å²) in [6.45, 7) is 0. The summed E-state index contributed by atoms with van der Waals surface area (Å²) in [6, 6.07) is 8.10. The zero-order valence-electron chi connectivity index (χ0n) is 9.24. The lowest BCUT2D eigenvalue weighted by Crippen LogP contribution is -1.87. The fourth-order valence-corrected chi connectivity index (χ4v) is 3.32. The van der Waals surface area contributed by atoms with E-state index >= 15 is 0 Å². The van der Waals surface area contributed by atoms with Gasteiger partial charge in [-0.1, -0.05) is 17.7 Å². The summed E-state index contributed by atoms with van der Waals surface area (Å²) in [7, 11) is 0. The van der Waals surface area contributed by atoms with Crippen LogP contribution in [0.5, 0.6) is 0 Å². The van der Waals surface area contributed by atoms with Crippen LogP contribution in [0.2, 0.25) is 5.02 Å². The van der Waals surface area contributed by atoms with Crippen LogP contribution in [-0.2, 0) is 6.42 Å². The van der Waals surface area contributed by atoms with Crippen molar-refractivity contribution in [1.82, 2.24) is 0 Å². The van der Waals surface area contributed by atoms with Gasteiger partial charge in [0.15, 0.2) is 0 Å². The van der Waals surface area contributed by atoms with Crippen molar-refractivity contribution in [1.29, 1.82) is 0 Å². The van der Waals surface area contributed by atoms with Gasteiger partial charge in [-0.25, -0.2) is 0 Å². The first-order valence-electron chi connectivity index (χ1n) is 5.56. The van der Waals surface area contributed by atoms with Crippen molar-refractivity contribution < 1.29 is 0 Å². The van der Waals surface area contributed by atoms with Crippen LogP contribution in [0.15, 0.2) is 29.6 Å². The second-order valence-electron chi connectivity index (χ2n) is 4.22. The normalized spacial score (nSPS) is 16.4. The lowest BCUT2D eigenvalue weighted by molar-refractivity contribution is 1.08. The van der Waals surface area contributed by atoms with Gasteiger partial charge in [0.1, 0.15) is 0 Å². The summed E-state index contributed by atoms with van der Waals surface area (Å²) >= 11 is 7.80. The number of hydrogen-bond donors (Lipinski definition) is 1. The first-order valence-corrected chi connectivity index (χ1v) is 6.82. The van der Waals surface area contributed by atoms with E-state index in [-0.39, 0.29) is 0 Å². The van der Waals surface area contributed by atoms with Gasteiger partial charge in [0.25, 0.3) is 0 Å². The summed E-state index contributed by atoms with van der Waals surface area (Å²) in [5.41, 5.74) is 10.7. The highest BCUT2D eigenvalue weighted by molar-refractivity contribution is 7.11. The van der Waals surface area contributed by atoms with E-state index in [1.165, 1.54) is 16.7 Å². The molecule has 1 heterocycles. The van der Waals surface area contributed by atoms with Gasteiger partial charge in [-0.15, -0.1) is 11.3 Å². The maximum absolute atomic E-state index is 6.12. The summed E-state index contributed by atoms with van der Waals surface area (Å²) in [4.78, 5) is 1.14. The van der Waals surface area contributed by atoms with Gasteiger partial charge in [-0.05, 0) is 59.2 Å². The standard InChI is InChI=1S/C14H12ClNS/c15-13-5-6-17-14(13)8-10-2-1-9-7-11(16)3-4-12(9)10/h3-8H,1-2,16H2/b10-8+. The monoisotopic (exact) mass is 261 g/mol. The smallest absolute Gasteiger partial charge is 0.0586 e. The zero-order valence-corrected chi connectivity index (χ0v) is 10.8. The molecular weight excluding hydrogens is 250 g/mol. The predicted molar refractivity (Wildman–Crippen MR) is 76.4 cm³/mol. The minimum absolute atomic E-state index is 0.839. The molecule has 0 radical (unpaired) electrons. The third-order valence-electron chi connectivity index (χ3n) is 3.09. The number of rotatable bonds is 1. The first-order chi connectivity index (χ1) is 8.24. The largest absolute Gasteiger partial charge is 0.399 e. The quantitative estimate of drug-likeness (QED) is 0.753. The molecule has 2 N–H and O–H groups in total. The van der Waals surface area contributed by atoms with Crippen LogP contribution in [0, 0.1) is 0 Å². The lowest BCUT2D eigenvalue weighted by Gasteiger charge is -2.02. The molecule has 1 aliphatic carbocycles. The Morgan fingerprint density at radius 2 is 2.12 bits per heavy atom.